The van der Waals surface area contributed by atoms with E-state index in [1.165, 1.54) is 0 Å². The Kier molecular flexibility index (Phi) is 4.90. The topological polar surface area (TPSA) is 41.6 Å². The van der Waals surface area contributed by atoms with E-state index in [9.17, 15) is 18.0 Å². The first-order valence-electron chi connectivity index (χ1n) is 7.03. The second kappa shape index (κ2) is 6.30. The monoisotopic (exact) mass is 294 g/mol. The number of likely N-dealkylation sites (tertiary alicyclic amines) is 1. The molecule has 7 heteroatoms. The predicted molar refractivity (Wildman–Crippen MR) is 67.2 cm³/mol. The molecule has 2 aliphatic rings. The average Bonchev–Trinajstić information content (AvgIpc) is 2.46. The van der Waals surface area contributed by atoms with Crippen LogP contribution < -0.4 is 5.32 Å². The number of hydrogen-bond donors (Lipinski definition) is 1. The molecule has 2 fully saturated rings. The molecule has 2 saturated heterocycles. The molecule has 0 aromatic heterocycles. The minimum atomic E-state index is -4.17. The molecule has 116 valence electrons. The Labute approximate surface area is 116 Å². The van der Waals surface area contributed by atoms with Gasteiger partial charge in [0, 0.05) is 26.7 Å². The van der Waals surface area contributed by atoms with Gasteiger partial charge in [-0.2, -0.15) is 13.2 Å². The molecule has 0 spiro atoms. The van der Waals surface area contributed by atoms with Crippen LogP contribution in [0.1, 0.15) is 25.7 Å². The van der Waals surface area contributed by atoms with E-state index < -0.39 is 18.1 Å². The van der Waals surface area contributed by atoms with Gasteiger partial charge in [0.2, 0.25) is 5.91 Å². The van der Waals surface area contributed by atoms with Crippen molar-refractivity contribution in [3.05, 3.63) is 0 Å². The third kappa shape index (κ3) is 3.63. The Morgan fingerprint density at radius 3 is 2.30 bits per heavy atom. The summed E-state index contributed by atoms with van der Waals surface area (Å²) in [5, 5.41) is 2.76. The average molecular weight is 294 g/mol. The van der Waals surface area contributed by atoms with Crippen LogP contribution in [0.3, 0.4) is 0 Å². The maximum Gasteiger partial charge on any atom is 0.393 e. The third-order valence-electron chi connectivity index (χ3n) is 4.26. The zero-order valence-corrected chi connectivity index (χ0v) is 11.6. The highest BCUT2D eigenvalue weighted by atomic mass is 19.4. The smallest absolute Gasteiger partial charge is 0.381 e. The van der Waals surface area contributed by atoms with Crippen molar-refractivity contribution in [2.45, 2.75) is 44.0 Å². The Morgan fingerprint density at radius 2 is 1.85 bits per heavy atom. The van der Waals surface area contributed by atoms with Crippen LogP contribution in [0.4, 0.5) is 13.2 Å². The molecule has 1 amide bonds. The first kappa shape index (κ1) is 15.6. The van der Waals surface area contributed by atoms with Crippen molar-refractivity contribution in [3.63, 3.8) is 0 Å². The van der Waals surface area contributed by atoms with E-state index in [4.69, 9.17) is 4.74 Å². The zero-order chi connectivity index (χ0) is 14.8. The summed E-state index contributed by atoms with van der Waals surface area (Å²) in [5.74, 6) is -1.40. The lowest BCUT2D eigenvalue weighted by Crippen LogP contribution is -2.54. The van der Waals surface area contributed by atoms with Gasteiger partial charge < -0.3 is 15.0 Å². The van der Waals surface area contributed by atoms with Gasteiger partial charge >= 0.3 is 6.18 Å². The Hall–Kier alpha value is -0.820. The number of carbonyl (C=O) groups excluding carboxylic acids is 1. The number of halogens is 3. The minimum absolute atomic E-state index is 0.0292. The summed E-state index contributed by atoms with van der Waals surface area (Å²) >= 11 is 0. The van der Waals surface area contributed by atoms with Gasteiger partial charge in [0.05, 0.1) is 18.1 Å². The quantitative estimate of drug-likeness (QED) is 0.840. The molecule has 2 rings (SSSR count). The van der Waals surface area contributed by atoms with E-state index in [1.54, 1.807) is 12.0 Å². The van der Waals surface area contributed by atoms with Crippen LogP contribution in [0.15, 0.2) is 0 Å². The number of nitrogens with zero attached hydrogens (tertiary/aromatic N) is 1. The molecule has 0 saturated carbocycles. The molecule has 4 nitrogen and oxygen atoms in total. The van der Waals surface area contributed by atoms with E-state index >= 15 is 0 Å². The number of nitrogens with one attached hydrogen (secondary N) is 1. The highest BCUT2D eigenvalue weighted by molar-refractivity contribution is 5.82. The molecule has 0 bridgehead atoms. The lowest BCUT2D eigenvalue weighted by Gasteiger charge is -2.36. The number of methoxy groups -OCH3 is 1. The molecular formula is C13H21F3N2O2. The van der Waals surface area contributed by atoms with Crippen LogP contribution in [0.5, 0.6) is 0 Å². The molecule has 0 aromatic carbocycles. The number of rotatable bonds is 2. The molecule has 2 aliphatic heterocycles. The SMILES string of the molecule is COC1CCN(C(=O)C2CCC(C(F)(F)F)CN2)CC1. The Bertz CT molecular complexity index is 333. The fourth-order valence-electron chi connectivity index (χ4n) is 2.88. The van der Waals surface area contributed by atoms with E-state index in [1.807, 2.05) is 0 Å². The first-order valence-corrected chi connectivity index (χ1v) is 7.03. The van der Waals surface area contributed by atoms with Gasteiger partial charge in [-0.3, -0.25) is 4.79 Å². The standard InChI is InChI=1S/C13H21F3N2O2/c1-20-10-4-6-18(7-5-10)12(19)11-3-2-9(8-17-11)13(14,15)16/h9-11,17H,2-8H2,1H3. The molecule has 2 atom stereocenters. The third-order valence-corrected chi connectivity index (χ3v) is 4.26. The molecule has 2 heterocycles. The number of hydrogen-bond acceptors (Lipinski definition) is 3. The van der Waals surface area contributed by atoms with Gasteiger partial charge in [-0.05, 0) is 25.7 Å². The molecule has 0 radical (unpaired) electrons. The van der Waals surface area contributed by atoms with E-state index in [2.05, 4.69) is 5.32 Å². The molecule has 1 N–H and O–H groups in total. The summed E-state index contributed by atoms with van der Waals surface area (Å²) in [5.41, 5.74) is 0. The van der Waals surface area contributed by atoms with Crippen LogP contribution in [0.25, 0.3) is 0 Å². The van der Waals surface area contributed by atoms with Crippen molar-refractivity contribution < 1.29 is 22.7 Å². The summed E-state index contributed by atoms with van der Waals surface area (Å²) in [6.45, 7) is 1.09. The van der Waals surface area contributed by atoms with Crippen LogP contribution in [0.2, 0.25) is 0 Å². The van der Waals surface area contributed by atoms with Crippen molar-refractivity contribution in [2.75, 3.05) is 26.7 Å². The molecule has 0 aliphatic carbocycles. The number of ether oxygens (including phenoxy) is 1. The van der Waals surface area contributed by atoms with Crippen LogP contribution in [-0.2, 0) is 9.53 Å². The zero-order valence-electron chi connectivity index (χ0n) is 11.6. The second-order valence-corrected chi connectivity index (χ2v) is 5.54. The molecular weight excluding hydrogens is 273 g/mol. The highest BCUT2D eigenvalue weighted by Crippen LogP contribution is 2.32. The fourth-order valence-corrected chi connectivity index (χ4v) is 2.88. The summed E-state index contributed by atoms with van der Waals surface area (Å²) < 4.78 is 42.9. The molecule has 0 aromatic rings. The predicted octanol–water partition coefficient (Wildman–Crippen LogP) is 1.55. The number of carbonyl (C=O) groups is 1. The second-order valence-electron chi connectivity index (χ2n) is 5.54. The molecule has 2 unspecified atom stereocenters. The normalized spacial score (nSPS) is 29.5. The van der Waals surface area contributed by atoms with Gasteiger partial charge in [0.25, 0.3) is 0 Å². The van der Waals surface area contributed by atoms with Crippen molar-refractivity contribution >= 4 is 5.91 Å². The van der Waals surface area contributed by atoms with Gasteiger partial charge in [0.1, 0.15) is 0 Å². The largest absolute Gasteiger partial charge is 0.393 e. The van der Waals surface area contributed by atoms with E-state index in [0.717, 1.165) is 12.8 Å². The summed E-state index contributed by atoms with van der Waals surface area (Å²) in [7, 11) is 1.65. The minimum Gasteiger partial charge on any atom is -0.381 e. The fraction of sp³-hybridized carbons (Fsp3) is 0.923. The van der Waals surface area contributed by atoms with Gasteiger partial charge in [-0.1, -0.05) is 0 Å². The summed E-state index contributed by atoms with van der Waals surface area (Å²) in [6, 6.07) is -0.465. The lowest BCUT2D eigenvalue weighted by molar-refractivity contribution is -0.181. The highest BCUT2D eigenvalue weighted by Gasteiger charge is 2.43. The van der Waals surface area contributed by atoms with Crippen LogP contribution in [0, 0.1) is 5.92 Å². The molecule has 20 heavy (non-hydrogen) atoms. The van der Waals surface area contributed by atoms with Crippen molar-refractivity contribution in [2.24, 2.45) is 5.92 Å². The maximum atomic E-state index is 12.6. The van der Waals surface area contributed by atoms with Crippen LogP contribution in [-0.4, -0.2) is 55.9 Å². The summed E-state index contributed by atoms with van der Waals surface area (Å²) in [4.78, 5) is 14.0. The Morgan fingerprint density at radius 1 is 1.20 bits per heavy atom. The Balaban J connectivity index is 1.80. The number of piperidine rings is 2. The van der Waals surface area contributed by atoms with Gasteiger partial charge in [0.15, 0.2) is 0 Å². The van der Waals surface area contributed by atoms with Crippen molar-refractivity contribution in [3.8, 4) is 0 Å². The first-order chi connectivity index (χ1) is 9.41. The van der Waals surface area contributed by atoms with E-state index in [-0.39, 0.29) is 31.4 Å². The number of alkyl halides is 3. The van der Waals surface area contributed by atoms with Gasteiger partial charge in [-0.15, -0.1) is 0 Å². The van der Waals surface area contributed by atoms with Crippen molar-refractivity contribution in [1.29, 1.82) is 0 Å². The lowest BCUT2D eigenvalue weighted by atomic mass is 9.93. The number of amides is 1. The maximum absolute atomic E-state index is 12.6. The van der Waals surface area contributed by atoms with Crippen LogP contribution >= 0.6 is 0 Å². The van der Waals surface area contributed by atoms with Gasteiger partial charge in [-0.25, -0.2) is 0 Å². The van der Waals surface area contributed by atoms with E-state index in [0.29, 0.717) is 13.1 Å². The van der Waals surface area contributed by atoms with Crippen molar-refractivity contribution in [1.82, 2.24) is 10.2 Å². The summed E-state index contributed by atoms with van der Waals surface area (Å²) in [6.07, 6.45) is -2.11.